The lowest BCUT2D eigenvalue weighted by atomic mass is 10.2. The standard InChI is InChI=1S/C8H10N/c1-6-4-8(3)9-5-7(6)2/h4-5H,2H2,1,3H3. The lowest BCUT2D eigenvalue weighted by Gasteiger charge is -1.97. The third-order valence-corrected chi connectivity index (χ3v) is 1.36. The van der Waals surface area contributed by atoms with Gasteiger partial charge in [-0.05, 0) is 38.0 Å². The number of hydrogen-bond acceptors (Lipinski definition) is 1. The van der Waals surface area contributed by atoms with Crippen LogP contribution in [0.2, 0.25) is 0 Å². The van der Waals surface area contributed by atoms with Crippen molar-refractivity contribution in [3.63, 3.8) is 0 Å². The van der Waals surface area contributed by atoms with Gasteiger partial charge in [0, 0.05) is 11.9 Å². The maximum absolute atomic E-state index is 4.08. The lowest BCUT2D eigenvalue weighted by Crippen LogP contribution is -1.85. The van der Waals surface area contributed by atoms with E-state index in [0.29, 0.717) is 0 Å². The van der Waals surface area contributed by atoms with Crippen molar-refractivity contribution in [3.05, 3.63) is 36.0 Å². The second-order valence-corrected chi connectivity index (χ2v) is 2.25. The lowest BCUT2D eigenvalue weighted by molar-refractivity contribution is 1.16. The van der Waals surface area contributed by atoms with E-state index in [-0.39, 0.29) is 0 Å². The third kappa shape index (κ3) is 1.28. The van der Waals surface area contributed by atoms with E-state index >= 15 is 0 Å². The predicted octanol–water partition coefficient (Wildman–Crippen LogP) is 1.88. The quantitative estimate of drug-likeness (QED) is 0.509. The largest absolute Gasteiger partial charge is 0.261 e. The molecule has 1 nitrogen and oxygen atoms in total. The van der Waals surface area contributed by atoms with Crippen molar-refractivity contribution in [3.8, 4) is 0 Å². The molecule has 0 saturated carbocycles. The molecule has 0 aliphatic heterocycles. The fraction of sp³-hybridized carbons (Fsp3) is 0.250. The average molecular weight is 120 g/mol. The summed E-state index contributed by atoms with van der Waals surface area (Å²) in [5.41, 5.74) is 3.28. The van der Waals surface area contributed by atoms with Crippen molar-refractivity contribution in [2.75, 3.05) is 0 Å². The molecule has 47 valence electrons. The molecule has 0 atom stereocenters. The highest BCUT2D eigenvalue weighted by Gasteiger charge is 1.90. The van der Waals surface area contributed by atoms with Gasteiger partial charge in [-0.1, -0.05) is 0 Å². The highest BCUT2D eigenvalue weighted by Crippen LogP contribution is 2.04. The molecule has 1 heteroatoms. The van der Waals surface area contributed by atoms with Crippen LogP contribution in [0.3, 0.4) is 0 Å². The molecule has 0 N–H and O–H groups in total. The van der Waals surface area contributed by atoms with Gasteiger partial charge >= 0.3 is 0 Å². The molecule has 0 aliphatic rings. The predicted molar refractivity (Wildman–Crippen MR) is 38.2 cm³/mol. The van der Waals surface area contributed by atoms with E-state index in [1.54, 1.807) is 6.20 Å². The zero-order valence-corrected chi connectivity index (χ0v) is 5.81. The summed E-state index contributed by atoms with van der Waals surface area (Å²) in [5, 5.41) is 0. The summed E-state index contributed by atoms with van der Waals surface area (Å²) in [6.07, 6.45) is 1.80. The molecule has 0 unspecified atom stereocenters. The van der Waals surface area contributed by atoms with E-state index in [9.17, 15) is 0 Å². The Labute approximate surface area is 55.7 Å². The average Bonchev–Trinajstić information content (AvgIpc) is 1.80. The van der Waals surface area contributed by atoms with Crippen molar-refractivity contribution < 1.29 is 0 Å². The SMILES string of the molecule is [CH2]c1cnc(C)cc1C. The van der Waals surface area contributed by atoms with Crippen LogP contribution in [-0.4, -0.2) is 4.98 Å². The summed E-state index contributed by atoms with van der Waals surface area (Å²) in [6.45, 7) is 7.82. The van der Waals surface area contributed by atoms with Gasteiger partial charge in [-0.15, -0.1) is 0 Å². The van der Waals surface area contributed by atoms with Crippen molar-refractivity contribution in [2.45, 2.75) is 13.8 Å². The summed E-state index contributed by atoms with van der Waals surface area (Å²) in [4.78, 5) is 4.08. The highest BCUT2D eigenvalue weighted by atomic mass is 14.7. The molecule has 1 heterocycles. The van der Waals surface area contributed by atoms with Gasteiger partial charge in [-0.2, -0.15) is 0 Å². The highest BCUT2D eigenvalue weighted by molar-refractivity contribution is 5.26. The Hall–Kier alpha value is -0.850. The molecular weight excluding hydrogens is 110 g/mol. The van der Waals surface area contributed by atoms with Crippen LogP contribution < -0.4 is 0 Å². The number of rotatable bonds is 0. The molecule has 1 aromatic rings. The van der Waals surface area contributed by atoms with Gasteiger partial charge in [-0.3, -0.25) is 4.98 Å². The van der Waals surface area contributed by atoms with Crippen molar-refractivity contribution in [1.29, 1.82) is 0 Å². The fourth-order valence-electron chi connectivity index (χ4n) is 0.725. The number of aromatic nitrogens is 1. The topological polar surface area (TPSA) is 12.9 Å². The maximum atomic E-state index is 4.08. The fourth-order valence-corrected chi connectivity index (χ4v) is 0.725. The number of hydrogen-bond donors (Lipinski definition) is 0. The molecular formula is C8H10N. The molecule has 9 heavy (non-hydrogen) atoms. The molecule has 0 amide bonds. The maximum Gasteiger partial charge on any atom is 0.0375 e. The zero-order chi connectivity index (χ0) is 6.85. The molecule has 1 radical (unpaired) electrons. The van der Waals surface area contributed by atoms with Gasteiger partial charge in [0.1, 0.15) is 0 Å². The van der Waals surface area contributed by atoms with Gasteiger partial charge in [0.25, 0.3) is 0 Å². The monoisotopic (exact) mass is 120 g/mol. The normalized spacial score (nSPS) is 9.67. The minimum Gasteiger partial charge on any atom is -0.261 e. The van der Waals surface area contributed by atoms with Gasteiger partial charge in [0.05, 0.1) is 0 Å². The second-order valence-electron chi connectivity index (χ2n) is 2.25. The Morgan fingerprint density at radius 1 is 1.44 bits per heavy atom. The van der Waals surface area contributed by atoms with Crippen LogP contribution in [0.25, 0.3) is 0 Å². The van der Waals surface area contributed by atoms with Crippen molar-refractivity contribution in [1.82, 2.24) is 4.98 Å². The van der Waals surface area contributed by atoms with Crippen LogP contribution in [-0.2, 0) is 0 Å². The smallest absolute Gasteiger partial charge is 0.0375 e. The Kier molecular flexibility index (Phi) is 1.52. The third-order valence-electron chi connectivity index (χ3n) is 1.36. The number of pyridine rings is 1. The van der Waals surface area contributed by atoms with Gasteiger partial charge in [-0.25, -0.2) is 0 Å². The summed E-state index contributed by atoms with van der Waals surface area (Å²) >= 11 is 0. The van der Waals surface area contributed by atoms with Crippen LogP contribution in [0, 0.1) is 20.8 Å². The molecule has 1 rings (SSSR count). The van der Waals surface area contributed by atoms with Gasteiger partial charge < -0.3 is 0 Å². The van der Waals surface area contributed by atoms with E-state index in [2.05, 4.69) is 11.9 Å². The summed E-state index contributed by atoms with van der Waals surface area (Å²) in [5.74, 6) is 0. The van der Waals surface area contributed by atoms with E-state index in [4.69, 9.17) is 0 Å². The molecule has 0 fully saturated rings. The summed E-state index contributed by atoms with van der Waals surface area (Å²) < 4.78 is 0. The summed E-state index contributed by atoms with van der Waals surface area (Å²) in [6, 6.07) is 2.03. The van der Waals surface area contributed by atoms with Gasteiger partial charge in [0.2, 0.25) is 0 Å². The zero-order valence-electron chi connectivity index (χ0n) is 5.81. The van der Waals surface area contributed by atoms with Crippen molar-refractivity contribution in [2.24, 2.45) is 0 Å². The second kappa shape index (κ2) is 2.18. The molecule has 0 spiro atoms. The minimum absolute atomic E-state index is 1.01. The number of nitrogens with zero attached hydrogens (tertiary/aromatic N) is 1. The summed E-state index contributed by atoms with van der Waals surface area (Å²) in [7, 11) is 0. The Morgan fingerprint density at radius 2 is 2.11 bits per heavy atom. The molecule has 0 aliphatic carbocycles. The van der Waals surface area contributed by atoms with E-state index < -0.39 is 0 Å². The molecule has 0 aromatic carbocycles. The van der Waals surface area contributed by atoms with E-state index in [1.165, 1.54) is 5.56 Å². The van der Waals surface area contributed by atoms with Crippen molar-refractivity contribution >= 4 is 0 Å². The Bertz CT molecular complexity index is 216. The minimum atomic E-state index is 1.01. The van der Waals surface area contributed by atoms with Gasteiger partial charge in [0.15, 0.2) is 0 Å². The Morgan fingerprint density at radius 3 is 2.56 bits per heavy atom. The van der Waals surface area contributed by atoms with Crippen LogP contribution >= 0.6 is 0 Å². The first-order chi connectivity index (χ1) is 4.20. The van der Waals surface area contributed by atoms with Crippen LogP contribution in [0.5, 0.6) is 0 Å². The van der Waals surface area contributed by atoms with Crippen LogP contribution in [0.15, 0.2) is 12.3 Å². The van der Waals surface area contributed by atoms with Crippen LogP contribution in [0.1, 0.15) is 16.8 Å². The first kappa shape index (κ1) is 6.27. The van der Waals surface area contributed by atoms with E-state index in [1.807, 2.05) is 19.9 Å². The first-order valence-electron chi connectivity index (χ1n) is 2.95. The van der Waals surface area contributed by atoms with E-state index in [0.717, 1.165) is 11.3 Å². The molecule has 0 saturated heterocycles. The Balaban J connectivity index is 3.17. The molecule has 1 aromatic heterocycles. The molecule has 0 bridgehead atoms. The van der Waals surface area contributed by atoms with Crippen LogP contribution in [0.4, 0.5) is 0 Å². The number of aryl methyl sites for hydroxylation is 2. The first-order valence-corrected chi connectivity index (χ1v) is 2.95.